The summed E-state index contributed by atoms with van der Waals surface area (Å²) in [6.45, 7) is 6.46. The number of halogens is 1. The smallest absolute Gasteiger partial charge is 0.257 e. The first-order valence-corrected chi connectivity index (χ1v) is 16.5. The van der Waals surface area contributed by atoms with Crippen molar-refractivity contribution in [3.8, 4) is 0 Å². The Balaban J connectivity index is 1.31. The lowest BCUT2D eigenvalue weighted by Crippen LogP contribution is -2.46. The van der Waals surface area contributed by atoms with E-state index in [-0.39, 0.29) is 17.4 Å². The first kappa shape index (κ1) is 30.2. The fourth-order valence-electron chi connectivity index (χ4n) is 7.47. The molecule has 0 spiro atoms. The number of benzene rings is 3. The van der Waals surface area contributed by atoms with Crippen LogP contribution in [0.5, 0.6) is 0 Å². The molecule has 2 atom stereocenters. The third-order valence-electron chi connectivity index (χ3n) is 9.82. The molecule has 1 aliphatic carbocycles. The molecule has 0 radical (unpaired) electrons. The van der Waals surface area contributed by atoms with Crippen molar-refractivity contribution in [1.82, 2.24) is 4.90 Å². The van der Waals surface area contributed by atoms with Crippen molar-refractivity contribution in [2.45, 2.75) is 83.7 Å². The zero-order chi connectivity index (χ0) is 30.6. The molecule has 3 fully saturated rings. The first-order chi connectivity index (χ1) is 21.4. The fraction of sp³-hybridized carbons (Fsp3) is 0.459. The zero-order valence-corrected chi connectivity index (χ0v) is 26.1. The third-order valence-corrected chi connectivity index (χ3v) is 9.82. The number of carbonyl (C=O) groups is 2. The number of nitrogens with zero attached hydrogens (tertiary/aromatic N) is 2. The first-order valence-electron chi connectivity index (χ1n) is 16.5. The number of amides is 2. The standard InChI is InChI=1S/C37H45FN4O2/c1-3-26-15-20-30(24-33(26)41-21-6-7-22-41)40-36(43)31-13-9-23-42(37(44)34-25(2)10-8-14-32(34)38)35(31)27-16-18-29(19-17-27)39-28-11-4-5-12-28/h8,10,14-20,24,28,31,35,39H,3-7,9,11-13,21-23H2,1-2H3,(H,40,43)/t31-,35-/m0/s1. The van der Waals surface area contributed by atoms with Crippen molar-refractivity contribution in [2.24, 2.45) is 5.92 Å². The highest BCUT2D eigenvalue weighted by Gasteiger charge is 2.40. The van der Waals surface area contributed by atoms with Crippen LogP contribution < -0.4 is 15.5 Å². The van der Waals surface area contributed by atoms with Gasteiger partial charge < -0.3 is 20.4 Å². The summed E-state index contributed by atoms with van der Waals surface area (Å²) >= 11 is 0. The molecule has 0 unspecified atom stereocenters. The van der Waals surface area contributed by atoms with Crippen molar-refractivity contribution in [1.29, 1.82) is 0 Å². The lowest BCUT2D eigenvalue weighted by molar-refractivity contribution is -0.123. The van der Waals surface area contributed by atoms with Crippen molar-refractivity contribution in [3.63, 3.8) is 0 Å². The molecular weight excluding hydrogens is 551 g/mol. The number of nitrogens with one attached hydrogen (secondary N) is 2. The molecule has 2 saturated heterocycles. The van der Waals surface area contributed by atoms with E-state index in [2.05, 4.69) is 46.7 Å². The number of anilines is 3. The topological polar surface area (TPSA) is 64.7 Å². The number of rotatable bonds is 8. The molecule has 0 aromatic heterocycles. The average Bonchev–Trinajstić information content (AvgIpc) is 3.76. The van der Waals surface area contributed by atoms with E-state index in [9.17, 15) is 9.59 Å². The number of hydrogen-bond donors (Lipinski definition) is 2. The van der Waals surface area contributed by atoms with Crippen LogP contribution in [0.1, 0.15) is 91.4 Å². The molecule has 6 rings (SSSR count). The molecule has 3 aromatic carbocycles. The van der Waals surface area contributed by atoms with Gasteiger partial charge in [0.2, 0.25) is 5.91 Å². The van der Waals surface area contributed by atoms with E-state index in [4.69, 9.17) is 0 Å². The van der Waals surface area contributed by atoms with Gasteiger partial charge in [0, 0.05) is 42.7 Å². The normalized spacial score (nSPS) is 20.6. The molecule has 2 N–H and O–H groups in total. The SMILES string of the molecule is CCc1ccc(NC(=O)[C@H]2CCCN(C(=O)c3c(C)cccc3F)[C@H]2c2ccc(NC3CCCC3)cc2)cc1N1CCCC1. The Kier molecular flexibility index (Phi) is 9.20. The predicted octanol–water partition coefficient (Wildman–Crippen LogP) is 7.88. The minimum atomic E-state index is -0.526. The zero-order valence-electron chi connectivity index (χ0n) is 26.1. The number of piperidine rings is 1. The lowest BCUT2D eigenvalue weighted by atomic mass is 9.83. The molecule has 44 heavy (non-hydrogen) atoms. The summed E-state index contributed by atoms with van der Waals surface area (Å²) in [6.07, 6.45) is 9.47. The summed E-state index contributed by atoms with van der Waals surface area (Å²) in [4.78, 5) is 32.3. The van der Waals surface area contributed by atoms with Crippen molar-refractivity contribution in [2.75, 3.05) is 35.2 Å². The van der Waals surface area contributed by atoms with Gasteiger partial charge in [0.05, 0.1) is 17.5 Å². The van der Waals surface area contributed by atoms with E-state index in [1.165, 1.54) is 55.8 Å². The van der Waals surface area contributed by atoms with Crippen LogP contribution >= 0.6 is 0 Å². The summed E-state index contributed by atoms with van der Waals surface area (Å²) in [5.41, 5.74) is 5.88. The molecule has 3 aliphatic rings. The second kappa shape index (κ2) is 13.4. The Morgan fingerprint density at radius 3 is 2.30 bits per heavy atom. The van der Waals surface area contributed by atoms with Gasteiger partial charge >= 0.3 is 0 Å². The maximum absolute atomic E-state index is 15.1. The second-order valence-electron chi connectivity index (χ2n) is 12.8. The maximum atomic E-state index is 15.1. The van der Waals surface area contributed by atoms with E-state index < -0.39 is 17.8 Å². The van der Waals surface area contributed by atoms with E-state index >= 15 is 4.39 Å². The highest BCUT2D eigenvalue weighted by atomic mass is 19.1. The van der Waals surface area contributed by atoms with Gasteiger partial charge in [0.1, 0.15) is 5.82 Å². The summed E-state index contributed by atoms with van der Waals surface area (Å²) in [5, 5.41) is 6.85. The van der Waals surface area contributed by atoms with Crippen LogP contribution in [-0.4, -0.2) is 42.4 Å². The Hall–Kier alpha value is -3.87. The second-order valence-corrected chi connectivity index (χ2v) is 12.8. The van der Waals surface area contributed by atoms with Crippen molar-refractivity contribution >= 4 is 28.9 Å². The molecule has 3 aromatic rings. The van der Waals surface area contributed by atoms with E-state index in [1.807, 2.05) is 18.2 Å². The quantitative estimate of drug-likeness (QED) is 0.278. The summed E-state index contributed by atoms with van der Waals surface area (Å²) in [7, 11) is 0. The Morgan fingerprint density at radius 2 is 1.59 bits per heavy atom. The molecule has 2 amide bonds. The van der Waals surface area contributed by atoms with Gasteiger partial charge in [0.15, 0.2) is 0 Å². The minimum Gasteiger partial charge on any atom is -0.382 e. The van der Waals surface area contributed by atoms with Gasteiger partial charge in [-0.1, -0.05) is 50.1 Å². The molecular formula is C37H45FN4O2. The molecule has 6 nitrogen and oxygen atoms in total. The lowest BCUT2D eigenvalue weighted by Gasteiger charge is -2.41. The summed E-state index contributed by atoms with van der Waals surface area (Å²) in [5.74, 6) is -1.47. The largest absolute Gasteiger partial charge is 0.382 e. The highest BCUT2D eigenvalue weighted by molar-refractivity contribution is 5.98. The van der Waals surface area contributed by atoms with Gasteiger partial charge in [-0.15, -0.1) is 0 Å². The number of likely N-dealkylation sites (tertiary alicyclic amines) is 1. The predicted molar refractivity (Wildman–Crippen MR) is 176 cm³/mol. The van der Waals surface area contributed by atoms with Crippen LogP contribution in [-0.2, 0) is 11.2 Å². The molecule has 2 aliphatic heterocycles. The van der Waals surface area contributed by atoms with E-state index in [0.29, 0.717) is 31.0 Å². The van der Waals surface area contributed by atoms with Gasteiger partial charge in [0.25, 0.3) is 5.91 Å². The minimum absolute atomic E-state index is 0.0866. The van der Waals surface area contributed by atoms with E-state index in [1.54, 1.807) is 24.0 Å². The van der Waals surface area contributed by atoms with Gasteiger partial charge in [-0.3, -0.25) is 9.59 Å². The number of hydrogen-bond acceptors (Lipinski definition) is 4. The van der Waals surface area contributed by atoms with Crippen LogP contribution in [0, 0.1) is 18.7 Å². The van der Waals surface area contributed by atoms with Crippen molar-refractivity contribution < 1.29 is 14.0 Å². The Labute approximate surface area is 261 Å². The highest BCUT2D eigenvalue weighted by Crippen LogP contribution is 2.39. The molecule has 232 valence electrons. The fourth-order valence-corrected chi connectivity index (χ4v) is 7.47. The van der Waals surface area contributed by atoms with Crippen molar-refractivity contribution in [3.05, 3.63) is 88.7 Å². The molecule has 1 saturated carbocycles. The Bertz CT molecular complexity index is 1460. The van der Waals surface area contributed by atoms with Crippen LogP contribution in [0.25, 0.3) is 0 Å². The van der Waals surface area contributed by atoms with Gasteiger partial charge in [-0.2, -0.15) is 0 Å². The summed E-state index contributed by atoms with van der Waals surface area (Å²) in [6, 6.07) is 19.1. The van der Waals surface area contributed by atoms with Gasteiger partial charge in [-0.05, 0) is 98.9 Å². The number of carbonyl (C=O) groups excluding carboxylic acids is 2. The van der Waals surface area contributed by atoms with E-state index in [0.717, 1.165) is 36.4 Å². The maximum Gasteiger partial charge on any atom is 0.257 e. The summed E-state index contributed by atoms with van der Waals surface area (Å²) < 4.78 is 15.1. The van der Waals surface area contributed by atoms with Crippen LogP contribution in [0.2, 0.25) is 0 Å². The molecule has 7 heteroatoms. The molecule has 2 heterocycles. The monoisotopic (exact) mass is 596 g/mol. The Morgan fingerprint density at radius 1 is 0.864 bits per heavy atom. The van der Waals surface area contributed by atoms with Crippen LogP contribution in [0.3, 0.4) is 0 Å². The van der Waals surface area contributed by atoms with Crippen LogP contribution in [0.15, 0.2) is 60.7 Å². The number of aryl methyl sites for hydroxylation is 2. The van der Waals surface area contributed by atoms with Gasteiger partial charge in [-0.25, -0.2) is 4.39 Å². The van der Waals surface area contributed by atoms with Crippen LogP contribution in [0.4, 0.5) is 21.5 Å². The molecule has 0 bridgehead atoms. The third kappa shape index (κ3) is 6.33. The average molecular weight is 597 g/mol.